The van der Waals surface area contributed by atoms with Crippen LogP contribution in [-0.2, 0) is 16.1 Å². The summed E-state index contributed by atoms with van der Waals surface area (Å²) in [5.74, 6) is -0.00642. The maximum atomic E-state index is 12.4. The summed E-state index contributed by atoms with van der Waals surface area (Å²) in [6.45, 7) is 7.24. The van der Waals surface area contributed by atoms with Crippen molar-refractivity contribution in [3.05, 3.63) is 35.9 Å². The van der Waals surface area contributed by atoms with Crippen LogP contribution >= 0.6 is 0 Å². The van der Waals surface area contributed by atoms with Gasteiger partial charge in [0.15, 0.2) is 0 Å². The van der Waals surface area contributed by atoms with Crippen molar-refractivity contribution in [2.24, 2.45) is 10.8 Å². The van der Waals surface area contributed by atoms with Crippen LogP contribution in [0.15, 0.2) is 30.3 Å². The fraction of sp³-hybridized carbons (Fsp3) is 0.588. The lowest BCUT2D eigenvalue weighted by atomic mass is 9.77. The van der Waals surface area contributed by atoms with Crippen molar-refractivity contribution < 1.29 is 9.53 Å². The maximum Gasteiger partial charge on any atom is 0.313 e. The number of hydrogen-bond donors (Lipinski definition) is 0. The van der Waals surface area contributed by atoms with Gasteiger partial charge >= 0.3 is 5.97 Å². The molecule has 1 saturated carbocycles. The number of hydrogen-bond acceptors (Lipinski definition) is 3. The number of benzene rings is 1. The molecule has 108 valence electrons. The average molecular weight is 273 g/mol. The highest BCUT2D eigenvalue weighted by Gasteiger charge is 2.65. The predicted molar refractivity (Wildman–Crippen MR) is 78.1 cm³/mol. The summed E-state index contributed by atoms with van der Waals surface area (Å²) in [6, 6.07) is 10.5. The zero-order chi connectivity index (χ0) is 14.2. The highest BCUT2D eigenvalue weighted by atomic mass is 16.5. The van der Waals surface area contributed by atoms with E-state index in [-0.39, 0.29) is 16.8 Å². The molecular formula is C17H23NO2. The predicted octanol–water partition coefficient (Wildman–Crippen LogP) is 2.85. The average Bonchev–Trinajstić information content (AvgIpc) is 3.15. The Morgan fingerprint density at radius 1 is 1.25 bits per heavy atom. The van der Waals surface area contributed by atoms with Crippen LogP contribution in [0.4, 0.5) is 0 Å². The number of ether oxygens (including phenoxy) is 1. The Labute approximate surface area is 120 Å². The minimum atomic E-state index is -0.322. The van der Waals surface area contributed by atoms with Gasteiger partial charge in [0.1, 0.15) is 0 Å². The first kappa shape index (κ1) is 13.6. The lowest BCUT2D eigenvalue weighted by molar-refractivity contribution is -0.156. The first-order valence-corrected chi connectivity index (χ1v) is 7.53. The van der Waals surface area contributed by atoms with E-state index in [0.717, 1.165) is 32.5 Å². The van der Waals surface area contributed by atoms with Crippen molar-refractivity contribution in [2.45, 2.75) is 33.2 Å². The molecule has 0 aromatic heterocycles. The summed E-state index contributed by atoms with van der Waals surface area (Å²) in [5.41, 5.74) is 1.17. The molecule has 0 radical (unpaired) electrons. The molecule has 2 fully saturated rings. The van der Waals surface area contributed by atoms with Gasteiger partial charge in [-0.2, -0.15) is 0 Å². The highest BCUT2D eigenvalue weighted by Crippen LogP contribution is 2.63. The minimum absolute atomic E-state index is 0.00642. The molecule has 1 atom stereocenters. The third kappa shape index (κ3) is 2.14. The Balaban J connectivity index is 1.74. The standard InChI is InChI=1S/C17H23NO2/c1-3-20-15(19)16(2)12-18(13-17(16)9-10-17)11-14-7-5-4-6-8-14/h4-8H,3,9-13H2,1-2H3. The number of carbonyl (C=O) groups is 1. The topological polar surface area (TPSA) is 29.5 Å². The summed E-state index contributed by atoms with van der Waals surface area (Å²) < 4.78 is 5.34. The van der Waals surface area contributed by atoms with E-state index in [0.29, 0.717) is 6.61 Å². The first-order valence-electron chi connectivity index (χ1n) is 7.53. The van der Waals surface area contributed by atoms with E-state index in [2.05, 4.69) is 36.1 Å². The van der Waals surface area contributed by atoms with Gasteiger partial charge in [0.2, 0.25) is 0 Å². The normalized spacial score (nSPS) is 27.7. The van der Waals surface area contributed by atoms with Gasteiger partial charge < -0.3 is 4.74 Å². The van der Waals surface area contributed by atoms with Crippen LogP contribution in [-0.4, -0.2) is 30.6 Å². The molecule has 1 heterocycles. The highest BCUT2D eigenvalue weighted by molar-refractivity contribution is 5.79. The molecule has 1 aliphatic carbocycles. The molecule has 2 aliphatic rings. The summed E-state index contributed by atoms with van der Waals surface area (Å²) >= 11 is 0. The second-order valence-electron chi connectivity index (χ2n) is 6.46. The van der Waals surface area contributed by atoms with Crippen LogP contribution in [0.2, 0.25) is 0 Å². The molecule has 0 bridgehead atoms. The third-order valence-electron chi connectivity index (χ3n) is 5.07. The fourth-order valence-electron chi connectivity index (χ4n) is 3.66. The summed E-state index contributed by atoms with van der Waals surface area (Å²) in [7, 11) is 0. The van der Waals surface area contributed by atoms with Crippen LogP contribution < -0.4 is 0 Å². The summed E-state index contributed by atoms with van der Waals surface area (Å²) in [5, 5.41) is 0. The maximum absolute atomic E-state index is 12.4. The molecule has 1 saturated heterocycles. The lowest BCUT2D eigenvalue weighted by Crippen LogP contribution is -2.38. The molecule has 1 aromatic rings. The molecular weight excluding hydrogens is 250 g/mol. The van der Waals surface area contributed by atoms with E-state index < -0.39 is 0 Å². The van der Waals surface area contributed by atoms with Crippen molar-refractivity contribution in [2.75, 3.05) is 19.7 Å². The van der Waals surface area contributed by atoms with E-state index in [1.54, 1.807) is 0 Å². The first-order chi connectivity index (χ1) is 9.60. The zero-order valence-corrected chi connectivity index (χ0v) is 12.4. The van der Waals surface area contributed by atoms with E-state index in [9.17, 15) is 4.79 Å². The number of carbonyl (C=O) groups excluding carboxylic acids is 1. The molecule has 3 nitrogen and oxygen atoms in total. The monoisotopic (exact) mass is 273 g/mol. The largest absolute Gasteiger partial charge is 0.466 e. The minimum Gasteiger partial charge on any atom is -0.466 e. The van der Waals surface area contributed by atoms with Gasteiger partial charge in [-0.3, -0.25) is 9.69 Å². The molecule has 1 aromatic carbocycles. The van der Waals surface area contributed by atoms with Gasteiger partial charge in [-0.05, 0) is 32.3 Å². The molecule has 3 heteroatoms. The van der Waals surface area contributed by atoms with Gasteiger partial charge in [0.05, 0.1) is 12.0 Å². The quantitative estimate of drug-likeness (QED) is 0.790. The van der Waals surface area contributed by atoms with Crippen molar-refractivity contribution in [1.29, 1.82) is 0 Å². The SMILES string of the molecule is CCOC(=O)C1(C)CN(Cc2ccccc2)CC12CC2. The third-order valence-corrected chi connectivity index (χ3v) is 5.07. The molecule has 1 aliphatic heterocycles. The molecule has 0 amide bonds. The van der Waals surface area contributed by atoms with Gasteiger partial charge in [0, 0.05) is 25.0 Å². The van der Waals surface area contributed by atoms with Crippen molar-refractivity contribution in [3.63, 3.8) is 0 Å². The molecule has 1 spiro atoms. The van der Waals surface area contributed by atoms with Gasteiger partial charge in [0.25, 0.3) is 0 Å². The van der Waals surface area contributed by atoms with Crippen LogP contribution in [0.5, 0.6) is 0 Å². The van der Waals surface area contributed by atoms with Gasteiger partial charge in [-0.15, -0.1) is 0 Å². The van der Waals surface area contributed by atoms with E-state index >= 15 is 0 Å². The van der Waals surface area contributed by atoms with Crippen LogP contribution in [0.3, 0.4) is 0 Å². The Morgan fingerprint density at radius 2 is 1.95 bits per heavy atom. The Bertz CT molecular complexity index is 495. The Hall–Kier alpha value is -1.35. The van der Waals surface area contributed by atoms with Crippen LogP contribution in [0.25, 0.3) is 0 Å². The summed E-state index contributed by atoms with van der Waals surface area (Å²) in [6.07, 6.45) is 2.32. The van der Waals surface area contributed by atoms with Crippen molar-refractivity contribution >= 4 is 5.97 Å². The van der Waals surface area contributed by atoms with E-state index in [4.69, 9.17) is 4.74 Å². The second kappa shape index (κ2) is 4.88. The Kier molecular flexibility index (Phi) is 3.33. The molecule has 3 rings (SSSR count). The van der Waals surface area contributed by atoms with Gasteiger partial charge in [-0.1, -0.05) is 30.3 Å². The number of rotatable bonds is 4. The van der Waals surface area contributed by atoms with Crippen LogP contribution in [0.1, 0.15) is 32.3 Å². The Morgan fingerprint density at radius 3 is 2.55 bits per heavy atom. The molecule has 0 N–H and O–H groups in total. The lowest BCUT2D eigenvalue weighted by Gasteiger charge is -2.27. The fourth-order valence-corrected chi connectivity index (χ4v) is 3.66. The smallest absolute Gasteiger partial charge is 0.313 e. The second-order valence-corrected chi connectivity index (χ2v) is 6.46. The van der Waals surface area contributed by atoms with Gasteiger partial charge in [-0.25, -0.2) is 0 Å². The van der Waals surface area contributed by atoms with Crippen LogP contribution in [0, 0.1) is 10.8 Å². The number of likely N-dealkylation sites (tertiary alicyclic amines) is 1. The van der Waals surface area contributed by atoms with E-state index in [1.165, 1.54) is 5.56 Å². The molecule has 1 unspecified atom stereocenters. The number of nitrogens with zero attached hydrogens (tertiary/aromatic N) is 1. The molecule has 20 heavy (non-hydrogen) atoms. The number of esters is 1. The van der Waals surface area contributed by atoms with E-state index in [1.807, 2.05) is 13.0 Å². The van der Waals surface area contributed by atoms with Crippen molar-refractivity contribution in [3.8, 4) is 0 Å². The van der Waals surface area contributed by atoms with Crippen molar-refractivity contribution in [1.82, 2.24) is 4.90 Å². The summed E-state index contributed by atoms with van der Waals surface area (Å²) in [4.78, 5) is 14.8. The zero-order valence-electron chi connectivity index (χ0n) is 12.4.